The first kappa shape index (κ1) is 24.1. The second-order valence-corrected chi connectivity index (χ2v) is 8.42. The highest BCUT2D eigenvalue weighted by Gasteiger charge is 2.38. The number of nitrogens with one attached hydrogen (secondary N) is 1. The molecule has 0 saturated heterocycles. The molecule has 8 nitrogen and oxygen atoms in total. The molecule has 0 unspecified atom stereocenters. The molecule has 0 spiro atoms. The van der Waals surface area contributed by atoms with Crippen molar-refractivity contribution in [2.45, 2.75) is 72.1 Å². The third kappa shape index (κ3) is 7.93. The predicted octanol–water partition coefficient (Wildman–Crippen LogP) is 3.95. The number of nitrogens with zero attached hydrogens (tertiary/aromatic N) is 1. The average molecular weight is 406 g/mol. The Bertz CT molecular complexity index is 747. The van der Waals surface area contributed by atoms with Crippen LogP contribution in [0.3, 0.4) is 0 Å². The van der Waals surface area contributed by atoms with Gasteiger partial charge in [0.25, 0.3) is 0 Å². The van der Waals surface area contributed by atoms with E-state index in [0.29, 0.717) is 10.6 Å². The van der Waals surface area contributed by atoms with Gasteiger partial charge in [-0.25, -0.2) is 20.0 Å². The highest BCUT2D eigenvalue weighted by molar-refractivity contribution is 6.39. The van der Waals surface area contributed by atoms with Crippen molar-refractivity contribution in [3.63, 3.8) is 0 Å². The molecule has 29 heavy (non-hydrogen) atoms. The molecule has 0 heterocycles. The summed E-state index contributed by atoms with van der Waals surface area (Å²) in [6.45, 7) is 11.5. The SMILES string of the molecule is CCC(=O)C(=O)[C@H](c1ccccc1)N(NC(=O)OC(C)(C)C)C(=O)OC(C)(C)C. The summed E-state index contributed by atoms with van der Waals surface area (Å²) >= 11 is 0. The van der Waals surface area contributed by atoms with Crippen molar-refractivity contribution in [3.8, 4) is 0 Å². The molecule has 1 aromatic carbocycles. The molecule has 1 atom stereocenters. The number of hydrazine groups is 1. The minimum absolute atomic E-state index is 0.0449. The topological polar surface area (TPSA) is 102 Å². The monoisotopic (exact) mass is 406 g/mol. The van der Waals surface area contributed by atoms with E-state index in [1.807, 2.05) is 0 Å². The summed E-state index contributed by atoms with van der Waals surface area (Å²) in [6.07, 6.45) is -1.99. The minimum Gasteiger partial charge on any atom is -0.443 e. The number of hydrogen-bond donors (Lipinski definition) is 1. The molecule has 8 heteroatoms. The van der Waals surface area contributed by atoms with Crippen molar-refractivity contribution in [2.24, 2.45) is 0 Å². The van der Waals surface area contributed by atoms with E-state index in [1.165, 1.54) is 0 Å². The van der Waals surface area contributed by atoms with Gasteiger partial charge in [-0.1, -0.05) is 37.3 Å². The van der Waals surface area contributed by atoms with Crippen LogP contribution in [-0.2, 0) is 19.1 Å². The van der Waals surface area contributed by atoms with Crippen LogP contribution >= 0.6 is 0 Å². The van der Waals surface area contributed by atoms with E-state index in [0.717, 1.165) is 0 Å². The maximum atomic E-state index is 12.9. The van der Waals surface area contributed by atoms with Gasteiger partial charge in [0.15, 0.2) is 0 Å². The first-order chi connectivity index (χ1) is 13.2. The first-order valence-electron chi connectivity index (χ1n) is 9.39. The second-order valence-electron chi connectivity index (χ2n) is 8.42. The van der Waals surface area contributed by atoms with Crippen LogP contribution in [0.5, 0.6) is 0 Å². The number of rotatable bonds is 5. The van der Waals surface area contributed by atoms with Crippen LogP contribution in [0.4, 0.5) is 9.59 Å². The van der Waals surface area contributed by atoms with Crippen molar-refractivity contribution < 1.29 is 28.7 Å². The van der Waals surface area contributed by atoms with Gasteiger partial charge in [0.05, 0.1) is 0 Å². The molecule has 0 aliphatic rings. The zero-order valence-electron chi connectivity index (χ0n) is 18.1. The molecule has 2 amide bonds. The number of ether oxygens (including phenoxy) is 2. The molecule has 0 saturated carbocycles. The Morgan fingerprint density at radius 1 is 0.931 bits per heavy atom. The van der Waals surface area contributed by atoms with Crippen molar-refractivity contribution in [1.82, 2.24) is 10.4 Å². The zero-order valence-corrected chi connectivity index (χ0v) is 18.1. The van der Waals surface area contributed by atoms with E-state index in [2.05, 4.69) is 5.43 Å². The summed E-state index contributed by atoms with van der Waals surface area (Å²) < 4.78 is 10.6. The van der Waals surface area contributed by atoms with Crippen LogP contribution in [0.15, 0.2) is 30.3 Å². The molecule has 0 fully saturated rings. The summed E-state index contributed by atoms with van der Waals surface area (Å²) in [5.74, 6) is -1.53. The Morgan fingerprint density at radius 2 is 1.45 bits per heavy atom. The number of hydrogen-bond acceptors (Lipinski definition) is 6. The smallest absolute Gasteiger partial charge is 0.430 e. The molecule has 0 aromatic heterocycles. The average Bonchev–Trinajstić information content (AvgIpc) is 2.58. The predicted molar refractivity (Wildman–Crippen MR) is 107 cm³/mol. The molecule has 1 N–H and O–H groups in total. The van der Waals surface area contributed by atoms with Gasteiger partial charge in [-0.05, 0) is 47.1 Å². The summed E-state index contributed by atoms with van der Waals surface area (Å²) in [5.41, 5.74) is 0.890. The summed E-state index contributed by atoms with van der Waals surface area (Å²) in [4.78, 5) is 50.3. The van der Waals surface area contributed by atoms with Crippen molar-refractivity contribution in [3.05, 3.63) is 35.9 Å². The lowest BCUT2D eigenvalue weighted by Gasteiger charge is -2.33. The Labute approximate surface area is 171 Å². The highest BCUT2D eigenvalue weighted by Crippen LogP contribution is 2.24. The number of Topliss-reactive ketones (excluding diaryl/α,β-unsaturated/α-hetero) is 2. The van der Waals surface area contributed by atoms with Crippen LogP contribution in [0.2, 0.25) is 0 Å². The number of carbonyl (C=O) groups is 4. The van der Waals surface area contributed by atoms with Crippen LogP contribution in [0, 0.1) is 0 Å². The lowest BCUT2D eigenvalue weighted by atomic mass is 9.98. The van der Waals surface area contributed by atoms with Gasteiger partial charge in [-0.15, -0.1) is 0 Å². The van der Waals surface area contributed by atoms with Gasteiger partial charge < -0.3 is 9.47 Å². The Kier molecular flexibility index (Phi) is 7.94. The van der Waals surface area contributed by atoms with Gasteiger partial charge in [-0.2, -0.15) is 0 Å². The summed E-state index contributed by atoms with van der Waals surface area (Å²) in [6, 6.07) is 6.82. The Hall–Kier alpha value is -2.90. The fourth-order valence-electron chi connectivity index (χ4n) is 2.31. The molecule has 0 radical (unpaired) electrons. The second kappa shape index (κ2) is 9.54. The molecule has 1 rings (SSSR count). The van der Waals surface area contributed by atoms with Crippen molar-refractivity contribution in [1.29, 1.82) is 0 Å². The lowest BCUT2D eigenvalue weighted by molar-refractivity contribution is -0.140. The summed E-state index contributed by atoms with van der Waals surface area (Å²) in [7, 11) is 0. The molecule has 0 bridgehead atoms. The summed E-state index contributed by atoms with van der Waals surface area (Å²) in [5, 5.41) is 0.713. The Morgan fingerprint density at radius 3 is 1.90 bits per heavy atom. The van der Waals surface area contributed by atoms with Gasteiger partial charge in [-0.3, -0.25) is 9.59 Å². The number of carbonyl (C=O) groups excluding carboxylic acids is 4. The van der Waals surface area contributed by atoms with Gasteiger partial charge in [0.1, 0.15) is 17.2 Å². The quantitative estimate of drug-likeness (QED) is 0.587. The van der Waals surface area contributed by atoms with Gasteiger partial charge in [0, 0.05) is 6.42 Å². The van der Waals surface area contributed by atoms with E-state index < -0.39 is 41.0 Å². The standard InChI is InChI=1S/C21H30N2O6/c1-8-15(24)17(25)16(14-12-10-9-11-13-14)23(19(27)29-21(5,6)7)22-18(26)28-20(2,3)4/h9-13,16H,8H2,1-7H3,(H,22,26)/t16-/m0/s1. The van der Waals surface area contributed by atoms with E-state index in [4.69, 9.17) is 9.47 Å². The molecule has 0 aliphatic carbocycles. The van der Waals surface area contributed by atoms with Gasteiger partial charge in [0.2, 0.25) is 11.6 Å². The third-order valence-corrected chi connectivity index (χ3v) is 3.42. The lowest BCUT2D eigenvalue weighted by Crippen LogP contribution is -2.53. The van der Waals surface area contributed by atoms with Crippen LogP contribution < -0.4 is 5.43 Å². The van der Waals surface area contributed by atoms with Crippen LogP contribution in [-0.4, -0.2) is 40.0 Å². The fourth-order valence-corrected chi connectivity index (χ4v) is 2.31. The number of ketones is 2. The molecular formula is C21H30N2O6. The van der Waals surface area contributed by atoms with Gasteiger partial charge >= 0.3 is 12.2 Å². The van der Waals surface area contributed by atoms with E-state index in [-0.39, 0.29) is 6.42 Å². The highest BCUT2D eigenvalue weighted by atomic mass is 16.6. The van der Waals surface area contributed by atoms with E-state index in [9.17, 15) is 19.2 Å². The number of amides is 2. The normalized spacial score (nSPS) is 12.5. The minimum atomic E-state index is -1.40. The third-order valence-electron chi connectivity index (χ3n) is 3.42. The number of benzene rings is 1. The van der Waals surface area contributed by atoms with Crippen molar-refractivity contribution in [2.75, 3.05) is 0 Å². The van der Waals surface area contributed by atoms with Crippen LogP contribution in [0.1, 0.15) is 66.5 Å². The van der Waals surface area contributed by atoms with Crippen LogP contribution in [0.25, 0.3) is 0 Å². The maximum Gasteiger partial charge on any atom is 0.430 e. The van der Waals surface area contributed by atoms with Crippen molar-refractivity contribution >= 4 is 23.8 Å². The molecule has 160 valence electrons. The van der Waals surface area contributed by atoms with E-state index >= 15 is 0 Å². The Balaban J connectivity index is 3.41. The molecule has 1 aromatic rings. The zero-order chi connectivity index (χ0) is 22.4. The molecule has 0 aliphatic heterocycles. The maximum absolute atomic E-state index is 12.9. The largest absolute Gasteiger partial charge is 0.443 e. The van der Waals surface area contributed by atoms with E-state index in [1.54, 1.807) is 78.8 Å². The first-order valence-corrected chi connectivity index (χ1v) is 9.39. The molecular weight excluding hydrogens is 376 g/mol. The fraction of sp³-hybridized carbons (Fsp3) is 0.524.